The highest BCUT2D eigenvalue weighted by molar-refractivity contribution is 6.00. The van der Waals surface area contributed by atoms with Gasteiger partial charge in [0.15, 0.2) is 0 Å². The van der Waals surface area contributed by atoms with Crippen molar-refractivity contribution in [2.75, 3.05) is 14.2 Å². The standard InChI is InChI=1S/C5H7NO3.CH4O/c1-9-6-4(7)2-3-5(6)8;1-2/h2-3H2,1H3;2H,1H3. The number of aliphatic hydroxyl groups is 1. The van der Waals surface area contributed by atoms with Gasteiger partial charge in [-0.15, -0.1) is 0 Å². The SMILES string of the molecule is CO.CON1C(=O)CCC1=O. The Bertz CT molecular complexity index is 141. The van der Waals surface area contributed by atoms with Gasteiger partial charge in [-0.25, -0.2) is 0 Å². The molecule has 0 aromatic heterocycles. The molecule has 0 aromatic rings. The second kappa shape index (κ2) is 4.81. The van der Waals surface area contributed by atoms with Crippen molar-refractivity contribution >= 4 is 11.8 Å². The molecule has 0 unspecified atom stereocenters. The molecule has 0 aliphatic carbocycles. The number of nitrogens with zero attached hydrogens (tertiary/aromatic N) is 1. The van der Waals surface area contributed by atoms with Crippen molar-refractivity contribution in [3.63, 3.8) is 0 Å². The second-order valence-corrected chi connectivity index (χ2v) is 1.76. The number of carbonyl (C=O) groups excluding carboxylic acids is 2. The number of rotatable bonds is 1. The fraction of sp³-hybridized carbons (Fsp3) is 0.667. The molecule has 0 aromatic carbocycles. The van der Waals surface area contributed by atoms with E-state index in [-0.39, 0.29) is 24.7 Å². The van der Waals surface area contributed by atoms with Crippen molar-refractivity contribution < 1.29 is 19.5 Å². The van der Waals surface area contributed by atoms with E-state index in [0.717, 1.165) is 12.2 Å². The number of hydrogen-bond acceptors (Lipinski definition) is 4. The molecule has 64 valence electrons. The van der Waals surface area contributed by atoms with E-state index in [2.05, 4.69) is 4.84 Å². The molecule has 1 rings (SSSR count). The average Bonchev–Trinajstić information content (AvgIpc) is 2.35. The number of amides is 2. The van der Waals surface area contributed by atoms with E-state index in [4.69, 9.17) is 5.11 Å². The first-order chi connectivity index (χ1) is 5.25. The molecule has 0 radical (unpaired) electrons. The highest BCUT2D eigenvalue weighted by atomic mass is 16.7. The van der Waals surface area contributed by atoms with Gasteiger partial charge in [-0.1, -0.05) is 0 Å². The zero-order valence-corrected chi connectivity index (χ0v) is 6.53. The van der Waals surface area contributed by atoms with Crippen molar-refractivity contribution in [1.82, 2.24) is 5.06 Å². The van der Waals surface area contributed by atoms with Gasteiger partial charge in [0, 0.05) is 20.0 Å². The third kappa shape index (κ3) is 2.28. The molecule has 1 N–H and O–H groups in total. The van der Waals surface area contributed by atoms with Gasteiger partial charge in [0.2, 0.25) is 0 Å². The summed E-state index contributed by atoms with van der Waals surface area (Å²) in [6, 6.07) is 0. The maximum atomic E-state index is 10.6. The van der Waals surface area contributed by atoms with E-state index in [0.29, 0.717) is 0 Å². The van der Waals surface area contributed by atoms with Crippen LogP contribution in [0.2, 0.25) is 0 Å². The predicted molar refractivity (Wildman–Crippen MR) is 36.2 cm³/mol. The van der Waals surface area contributed by atoms with Crippen molar-refractivity contribution in [2.45, 2.75) is 12.8 Å². The summed E-state index contributed by atoms with van der Waals surface area (Å²) in [6.07, 6.45) is 0.569. The summed E-state index contributed by atoms with van der Waals surface area (Å²) in [5.41, 5.74) is 0. The van der Waals surface area contributed by atoms with Gasteiger partial charge in [-0.2, -0.15) is 5.06 Å². The molecular weight excluding hydrogens is 150 g/mol. The van der Waals surface area contributed by atoms with Crippen LogP contribution >= 0.6 is 0 Å². The van der Waals surface area contributed by atoms with Crippen LogP contribution in [0.4, 0.5) is 0 Å². The van der Waals surface area contributed by atoms with Crippen LogP contribution in [0.15, 0.2) is 0 Å². The maximum absolute atomic E-state index is 10.6. The van der Waals surface area contributed by atoms with Gasteiger partial charge in [-0.05, 0) is 0 Å². The summed E-state index contributed by atoms with van der Waals surface area (Å²) >= 11 is 0. The van der Waals surface area contributed by atoms with E-state index >= 15 is 0 Å². The largest absolute Gasteiger partial charge is 0.400 e. The third-order valence-corrected chi connectivity index (χ3v) is 1.19. The molecule has 0 spiro atoms. The number of carbonyl (C=O) groups is 2. The lowest BCUT2D eigenvalue weighted by molar-refractivity contribution is -0.179. The fourth-order valence-electron chi connectivity index (χ4n) is 0.760. The smallest absolute Gasteiger partial charge is 0.253 e. The summed E-state index contributed by atoms with van der Waals surface area (Å²) < 4.78 is 0. The average molecular weight is 161 g/mol. The van der Waals surface area contributed by atoms with Crippen LogP contribution in [-0.4, -0.2) is 36.2 Å². The van der Waals surface area contributed by atoms with Crippen LogP contribution in [0.5, 0.6) is 0 Å². The Hall–Kier alpha value is -0.940. The molecule has 1 fully saturated rings. The minimum atomic E-state index is -0.248. The lowest BCUT2D eigenvalue weighted by Gasteiger charge is -2.07. The Balaban J connectivity index is 0.000000461. The summed E-state index contributed by atoms with van der Waals surface area (Å²) in [5, 5.41) is 7.79. The summed E-state index contributed by atoms with van der Waals surface area (Å²) in [4.78, 5) is 25.7. The van der Waals surface area contributed by atoms with Gasteiger partial charge >= 0.3 is 0 Å². The van der Waals surface area contributed by atoms with E-state index < -0.39 is 0 Å². The maximum Gasteiger partial charge on any atom is 0.253 e. The first-order valence-electron chi connectivity index (χ1n) is 3.10. The molecule has 1 saturated heterocycles. The number of imide groups is 1. The van der Waals surface area contributed by atoms with Crippen molar-refractivity contribution in [3.05, 3.63) is 0 Å². The highest BCUT2D eigenvalue weighted by Gasteiger charge is 2.28. The minimum absolute atomic E-state index is 0.248. The van der Waals surface area contributed by atoms with Crippen LogP contribution in [0.3, 0.4) is 0 Å². The van der Waals surface area contributed by atoms with E-state index in [1.807, 2.05) is 0 Å². The minimum Gasteiger partial charge on any atom is -0.400 e. The topological polar surface area (TPSA) is 66.8 Å². The van der Waals surface area contributed by atoms with Gasteiger partial charge in [0.1, 0.15) is 0 Å². The van der Waals surface area contributed by atoms with Crippen molar-refractivity contribution in [1.29, 1.82) is 0 Å². The van der Waals surface area contributed by atoms with Crippen molar-refractivity contribution in [3.8, 4) is 0 Å². The molecule has 0 bridgehead atoms. The monoisotopic (exact) mass is 161 g/mol. The molecule has 1 aliphatic rings. The van der Waals surface area contributed by atoms with Crippen LogP contribution in [0.25, 0.3) is 0 Å². The van der Waals surface area contributed by atoms with E-state index in [1.165, 1.54) is 7.11 Å². The van der Waals surface area contributed by atoms with Gasteiger partial charge < -0.3 is 5.11 Å². The summed E-state index contributed by atoms with van der Waals surface area (Å²) in [7, 11) is 2.31. The molecular formula is C6H11NO4. The highest BCUT2D eigenvalue weighted by Crippen LogP contribution is 2.10. The summed E-state index contributed by atoms with van der Waals surface area (Å²) in [5.74, 6) is -0.495. The van der Waals surface area contributed by atoms with Gasteiger partial charge in [0.05, 0.1) is 7.11 Å². The van der Waals surface area contributed by atoms with Crippen LogP contribution < -0.4 is 0 Å². The van der Waals surface area contributed by atoms with Crippen molar-refractivity contribution in [2.24, 2.45) is 0 Å². The predicted octanol–water partition coefficient (Wildman–Crippen LogP) is -0.695. The lowest BCUT2D eigenvalue weighted by atomic mass is 10.4. The van der Waals surface area contributed by atoms with Crippen LogP contribution in [0.1, 0.15) is 12.8 Å². The molecule has 5 nitrogen and oxygen atoms in total. The Morgan fingerprint density at radius 3 is 1.82 bits per heavy atom. The first-order valence-corrected chi connectivity index (χ1v) is 3.10. The molecule has 1 aliphatic heterocycles. The van der Waals surface area contributed by atoms with Crippen LogP contribution in [-0.2, 0) is 14.4 Å². The Morgan fingerprint density at radius 1 is 1.27 bits per heavy atom. The Kier molecular flexibility index (Phi) is 4.40. The summed E-state index contributed by atoms with van der Waals surface area (Å²) in [6.45, 7) is 0. The van der Waals surface area contributed by atoms with Gasteiger partial charge in [-0.3, -0.25) is 14.4 Å². The number of aliphatic hydroxyl groups excluding tert-OH is 1. The number of hydrogen-bond donors (Lipinski definition) is 1. The lowest BCUT2D eigenvalue weighted by Crippen LogP contribution is -2.27. The zero-order valence-electron chi connectivity index (χ0n) is 6.53. The number of hydroxylamine groups is 2. The molecule has 1 heterocycles. The van der Waals surface area contributed by atoms with Crippen LogP contribution in [0, 0.1) is 0 Å². The molecule has 0 atom stereocenters. The van der Waals surface area contributed by atoms with Gasteiger partial charge in [0.25, 0.3) is 11.8 Å². The second-order valence-electron chi connectivity index (χ2n) is 1.76. The first kappa shape index (κ1) is 10.1. The Morgan fingerprint density at radius 2 is 1.64 bits per heavy atom. The van der Waals surface area contributed by atoms with E-state index in [9.17, 15) is 9.59 Å². The molecule has 5 heteroatoms. The Labute approximate surface area is 64.5 Å². The fourth-order valence-corrected chi connectivity index (χ4v) is 0.760. The van der Waals surface area contributed by atoms with E-state index in [1.54, 1.807) is 0 Å². The molecule has 0 saturated carbocycles. The third-order valence-electron chi connectivity index (χ3n) is 1.19. The zero-order chi connectivity index (χ0) is 8.85. The molecule has 2 amide bonds. The normalized spacial score (nSPS) is 16.5. The quantitative estimate of drug-likeness (QED) is 0.517. The molecule has 11 heavy (non-hydrogen) atoms.